The Balaban J connectivity index is 1.79. The normalized spacial score (nSPS) is 10.6. The molecule has 0 unspecified atom stereocenters. The molecule has 0 atom stereocenters. The van der Waals surface area contributed by atoms with E-state index in [1.165, 1.54) is 5.56 Å². The monoisotopic (exact) mass is 294 g/mol. The van der Waals surface area contributed by atoms with Gasteiger partial charge < -0.3 is 9.52 Å². The third-order valence-corrected chi connectivity index (χ3v) is 3.38. The Labute approximate surface area is 127 Å². The third-order valence-electron chi connectivity index (χ3n) is 3.38. The first kappa shape index (κ1) is 14.0. The first-order valence-electron chi connectivity index (χ1n) is 6.82. The van der Waals surface area contributed by atoms with E-state index in [-0.39, 0.29) is 5.69 Å². The molecule has 0 spiro atoms. The number of aromatic carboxylic acids is 1. The summed E-state index contributed by atoms with van der Waals surface area (Å²) in [6.45, 7) is 2.06. The number of aryl methyl sites for hydroxylation is 1. The Kier molecular flexibility index (Phi) is 3.70. The maximum Gasteiger partial charge on any atom is 0.357 e. The SMILES string of the molecule is Cc1ccccc1-c1ccc(Cc2nc(C(=O)O)co2)nc1. The smallest absolute Gasteiger partial charge is 0.357 e. The Morgan fingerprint density at radius 3 is 2.68 bits per heavy atom. The van der Waals surface area contributed by atoms with Crippen molar-refractivity contribution in [3.63, 3.8) is 0 Å². The summed E-state index contributed by atoms with van der Waals surface area (Å²) in [6.07, 6.45) is 3.30. The molecule has 0 aliphatic carbocycles. The van der Waals surface area contributed by atoms with Crippen molar-refractivity contribution < 1.29 is 14.3 Å². The number of carbonyl (C=O) groups is 1. The van der Waals surface area contributed by atoms with Crippen LogP contribution in [0.25, 0.3) is 11.1 Å². The standard InChI is InChI=1S/C17H14N2O3/c1-11-4-2-3-5-14(11)12-6-7-13(18-9-12)8-16-19-15(10-22-16)17(20)21/h2-7,9-10H,8H2,1H3,(H,20,21). The number of aromatic nitrogens is 2. The number of carboxylic acids is 1. The highest BCUT2D eigenvalue weighted by molar-refractivity contribution is 5.84. The molecular weight excluding hydrogens is 280 g/mol. The minimum Gasteiger partial charge on any atom is -0.476 e. The molecule has 2 heterocycles. The van der Waals surface area contributed by atoms with Crippen LogP contribution in [0.5, 0.6) is 0 Å². The molecule has 1 aromatic carbocycles. The quantitative estimate of drug-likeness (QED) is 0.798. The van der Waals surface area contributed by atoms with Crippen molar-refractivity contribution in [3.05, 3.63) is 71.7 Å². The molecular formula is C17H14N2O3. The lowest BCUT2D eigenvalue weighted by atomic mass is 10.0. The Bertz CT molecular complexity index is 807. The van der Waals surface area contributed by atoms with Crippen LogP contribution in [0.4, 0.5) is 0 Å². The highest BCUT2D eigenvalue weighted by Crippen LogP contribution is 2.22. The summed E-state index contributed by atoms with van der Waals surface area (Å²) in [6, 6.07) is 12.0. The van der Waals surface area contributed by atoms with Gasteiger partial charge in [0.25, 0.3) is 0 Å². The van der Waals surface area contributed by atoms with Gasteiger partial charge in [-0.3, -0.25) is 4.98 Å². The number of pyridine rings is 1. The third kappa shape index (κ3) is 2.88. The second kappa shape index (κ2) is 5.81. The highest BCUT2D eigenvalue weighted by Gasteiger charge is 2.11. The van der Waals surface area contributed by atoms with Crippen LogP contribution in [0.1, 0.15) is 27.6 Å². The molecule has 0 aliphatic rings. The van der Waals surface area contributed by atoms with E-state index in [1.807, 2.05) is 24.3 Å². The van der Waals surface area contributed by atoms with Gasteiger partial charge in [-0.15, -0.1) is 0 Å². The lowest BCUT2D eigenvalue weighted by Gasteiger charge is -2.05. The number of benzene rings is 1. The van der Waals surface area contributed by atoms with E-state index in [1.54, 1.807) is 6.20 Å². The van der Waals surface area contributed by atoms with E-state index in [4.69, 9.17) is 9.52 Å². The largest absolute Gasteiger partial charge is 0.476 e. The predicted octanol–water partition coefficient (Wildman–Crippen LogP) is 3.33. The fourth-order valence-electron chi connectivity index (χ4n) is 2.23. The van der Waals surface area contributed by atoms with Crippen LogP contribution in [0.2, 0.25) is 0 Å². The summed E-state index contributed by atoms with van der Waals surface area (Å²) in [4.78, 5) is 19.1. The molecule has 3 rings (SSSR count). The summed E-state index contributed by atoms with van der Waals surface area (Å²) in [5.74, 6) is -0.758. The number of nitrogens with zero attached hydrogens (tertiary/aromatic N) is 2. The van der Waals surface area contributed by atoms with Crippen molar-refractivity contribution in [2.45, 2.75) is 13.3 Å². The number of hydrogen-bond donors (Lipinski definition) is 1. The van der Waals surface area contributed by atoms with E-state index in [9.17, 15) is 4.79 Å². The number of rotatable bonds is 4. The van der Waals surface area contributed by atoms with E-state index in [0.717, 1.165) is 23.1 Å². The van der Waals surface area contributed by atoms with Gasteiger partial charge in [-0.1, -0.05) is 30.3 Å². The van der Waals surface area contributed by atoms with Crippen molar-refractivity contribution in [1.82, 2.24) is 9.97 Å². The van der Waals surface area contributed by atoms with Gasteiger partial charge in [-0.05, 0) is 24.1 Å². The first-order chi connectivity index (χ1) is 10.6. The van der Waals surface area contributed by atoms with E-state index in [0.29, 0.717) is 12.3 Å². The number of carboxylic acid groups (broad SMARTS) is 1. The average molecular weight is 294 g/mol. The van der Waals surface area contributed by atoms with Crippen LogP contribution in [0.15, 0.2) is 53.3 Å². The summed E-state index contributed by atoms with van der Waals surface area (Å²) >= 11 is 0. The molecule has 5 nitrogen and oxygen atoms in total. The topological polar surface area (TPSA) is 76.2 Å². The second-order valence-corrected chi connectivity index (χ2v) is 4.96. The Hall–Kier alpha value is -2.95. The molecule has 0 amide bonds. The van der Waals surface area contributed by atoms with Crippen molar-refractivity contribution in [2.24, 2.45) is 0 Å². The van der Waals surface area contributed by atoms with Crippen LogP contribution in [0, 0.1) is 6.92 Å². The molecule has 0 radical (unpaired) electrons. The number of oxazole rings is 1. The van der Waals surface area contributed by atoms with E-state index < -0.39 is 5.97 Å². The van der Waals surface area contributed by atoms with Gasteiger partial charge in [-0.25, -0.2) is 9.78 Å². The number of hydrogen-bond acceptors (Lipinski definition) is 4. The van der Waals surface area contributed by atoms with Crippen molar-refractivity contribution in [2.75, 3.05) is 0 Å². The lowest BCUT2D eigenvalue weighted by molar-refractivity contribution is 0.0690. The Morgan fingerprint density at radius 1 is 1.23 bits per heavy atom. The molecule has 0 saturated heterocycles. The molecule has 1 N–H and O–H groups in total. The van der Waals surface area contributed by atoms with Gasteiger partial charge in [0.2, 0.25) is 5.89 Å². The molecule has 110 valence electrons. The summed E-state index contributed by atoms with van der Waals surface area (Å²) in [7, 11) is 0. The molecule has 0 bridgehead atoms. The van der Waals surface area contributed by atoms with Crippen molar-refractivity contribution in [1.29, 1.82) is 0 Å². The van der Waals surface area contributed by atoms with E-state index in [2.05, 4.69) is 29.0 Å². The molecule has 22 heavy (non-hydrogen) atoms. The molecule has 3 aromatic rings. The molecule has 0 fully saturated rings. The first-order valence-corrected chi connectivity index (χ1v) is 6.82. The van der Waals surface area contributed by atoms with Crippen LogP contribution in [0.3, 0.4) is 0 Å². The van der Waals surface area contributed by atoms with Crippen molar-refractivity contribution in [3.8, 4) is 11.1 Å². The summed E-state index contributed by atoms with van der Waals surface area (Å²) in [5.41, 5.74) is 4.06. The Morgan fingerprint density at radius 2 is 2.05 bits per heavy atom. The maximum atomic E-state index is 10.8. The van der Waals surface area contributed by atoms with Crippen LogP contribution >= 0.6 is 0 Å². The minimum atomic E-state index is -1.10. The van der Waals surface area contributed by atoms with E-state index >= 15 is 0 Å². The highest BCUT2D eigenvalue weighted by atomic mass is 16.4. The van der Waals surface area contributed by atoms with Crippen molar-refractivity contribution >= 4 is 5.97 Å². The summed E-state index contributed by atoms with van der Waals surface area (Å²) < 4.78 is 5.13. The fraction of sp³-hybridized carbons (Fsp3) is 0.118. The minimum absolute atomic E-state index is 0.0912. The van der Waals surface area contributed by atoms with Gasteiger partial charge in [0, 0.05) is 17.5 Å². The zero-order chi connectivity index (χ0) is 15.5. The average Bonchev–Trinajstić information content (AvgIpc) is 2.98. The van der Waals surface area contributed by atoms with Gasteiger partial charge >= 0.3 is 5.97 Å². The zero-order valence-electron chi connectivity index (χ0n) is 12.0. The second-order valence-electron chi connectivity index (χ2n) is 4.96. The fourth-order valence-corrected chi connectivity index (χ4v) is 2.23. The zero-order valence-corrected chi connectivity index (χ0v) is 12.0. The van der Waals surface area contributed by atoms with Crippen LogP contribution in [-0.4, -0.2) is 21.0 Å². The van der Waals surface area contributed by atoms with Crippen LogP contribution < -0.4 is 0 Å². The summed E-state index contributed by atoms with van der Waals surface area (Å²) in [5, 5.41) is 8.81. The van der Waals surface area contributed by atoms with Gasteiger partial charge in [-0.2, -0.15) is 0 Å². The van der Waals surface area contributed by atoms with Crippen LogP contribution in [-0.2, 0) is 6.42 Å². The molecule has 0 saturated carbocycles. The molecule has 0 aliphatic heterocycles. The lowest BCUT2D eigenvalue weighted by Crippen LogP contribution is -1.98. The molecule has 5 heteroatoms. The maximum absolute atomic E-state index is 10.8. The molecule has 2 aromatic heterocycles. The van der Waals surface area contributed by atoms with Gasteiger partial charge in [0.15, 0.2) is 5.69 Å². The van der Waals surface area contributed by atoms with Gasteiger partial charge in [0.05, 0.1) is 6.42 Å². The predicted molar refractivity (Wildman–Crippen MR) is 80.7 cm³/mol. The van der Waals surface area contributed by atoms with Gasteiger partial charge in [0.1, 0.15) is 6.26 Å².